The van der Waals surface area contributed by atoms with Gasteiger partial charge in [0.2, 0.25) is 11.8 Å². The number of halogens is 1. The van der Waals surface area contributed by atoms with Crippen molar-refractivity contribution < 1.29 is 18.6 Å². The van der Waals surface area contributed by atoms with Crippen LogP contribution in [0.25, 0.3) is 10.6 Å². The number of aromatic nitrogens is 1. The highest BCUT2D eigenvalue weighted by atomic mass is 35.5. The van der Waals surface area contributed by atoms with E-state index >= 15 is 0 Å². The minimum Gasteiger partial charge on any atom is -0.355 e. The summed E-state index contributed by atoms with van der Waals surface area (Å²) in [6.45, 7) is 6.39. The van der Waals surface area contributed by atoms with E-state index in [9.17, 15) is 9.59 Å². The molecule has 6 aliphatic rings. The van der Waals surface area contributed by atoms with Crippen molar-refractivity contribution in [1.82, 2.24) is 15.0 Å². The molecule has 186 valence electrons. The zero-order chi connectivity index (χ0) is 23.7. The largest absolute Gasteiger partial charge is 0.355 e. The van der Waals surface area contributed by atoms with Gasteiger partial charge in [0.25, 0.3) is 0 Å². The molecule has 0 N–H and O–H groups in total. The minimum atomic E-state index is -0.351. The molecule has 0 radical (unpaired) electrons. The van der Waals surface area contributed by atoms with E-state index in [1.165, 1.54) is 54.7 Å². The Balaban J connectivity index is 1.11. The average molecular weight is 516 g/mol. The number of piperidine rings is 3. The van der Waals surface area contributed by atoms with E-state index in [1.54, 1.807) is 4.90 Å². The fraction of sp³-hybridized carbons (Fsp3) is 0.654. The van der Waals surface area contributed by atoms with Crippen LogP contribution >= 0.6 is 22.9 Å². The van der Waals surface area contributed by atoms with Gasteiger partial charge in [-0.25, -0.2) is 0 Å². The number of hydrogen-bond acceptors (Lipinski definition) is 6. The number of rotatable bonds is 6. The second-order valence-electron chi connectivity index (χ2n) is 11.3. The molecule has 0 saturated carbocycles. The molecule has 4 atom stereocenters. The van der Waals surface area contributed by atoms with Gasteiger partial charge in [0, 0.05) is 25.1 Å². The van der Waals surface area contributed by atoms with Gasteiger partial charge in [0.15, 0.2) is 5.76 Å². The summed E-state index contributed by atoms with van der Waals surface area (Å²) in [6.07, 6.45) is 6.98. The molecule has 9 heteroatoms. The molecule has 2 aromatic rings. The first-order valence-corrected chi connectivity index (χ1v) is 14.4. The lowest BCUT2D eigenvalue weighted by molar-refractivity contribution is -0.942. The second kappa shape index (κ2) is 8.40. The van der Waals surface area contributed by atoms with Crippen molar-refractivity contribution in [3.63, 3.8) is 0 Å². The van der Waals surface area contributed by atoms with Gasteiger partial charge in [-0.1, -0.05) is 16.8 Å². The Hall–Kier alpha value is -1.74. The summed E-state index contributed by atoms with van der Waals surface area (Å²) in [7, 11) is 0. The van der Waals surface area contributed by atoms with Crippen LogP contribution in [0, 0.1) is 17.8 Å². The summed E-state index contributed by atoms with van der Waals surface area (Å²) < 4.78 is 7.59. The molecule has 6 saturated heterocycles. The summed E-state index contributed by atoms with van der Waals surface area (Å²) in [6, 6.07) is 5.66. The predicted molar refractivity (Wildman–Crippen MR) is 133 cm³/mol. The highest BCUT2D eigenvalue weighted by molar-refractivity contribution is 7.19. The van der Waals surface area contributed by atoms with Crippen LogP contribution in [0.3, 0.4) is 0 Å². The van der Waals surface area contributed by atoms with E-state index < -0.39 is 0 Å². The third kappa shape index (κ3) is 3.55. The molecule has 2 amide bonds. The lowest BCUT2D eigenvalue weighted by Gasteiger charge is -2.49. The predicted octanol–water partition coefficient (Wildman–Crippen LogP) is 4.20. The summed E-state index contributed by atoms with van der Waals surface area (Å²) in [4.78, 5) is 32.2. The molecule has 0 aliphatic carbocycles. The van der Waals surface area contributed by atoms with Crippen molar-refractivity contribution >= 4 is 34.8 Å². The Morgan fingerprint density at radius 2 is 1.86 bits per heavy atom. The maximum atomic E-state index is 13.7. The van der Waals surface area contributed by atoms with Crippen LogP contribution in [0.15, 0.2) is 22.7 Å². The van der Waals surface area contributed by atoms with E-state index in [-0.39, 0.29) is 35.7 Å². The van der Waals surface area contributed by atoms with Gasteiger partial charge in [0.05, 0.1) is 53.3 Å². The first-order chi connectivity index (χ1) is 17.0. The molecule has 2 bridgehead atoms. The van der Waals surface area contributed by atoms with Crippen LogP contribution < -0.4 is 0 Å². The Labute approximate surface area is 214 Å². The number of carbonyl (C=O) groups is 2. The number of amides is 2. The zero-order valence-corrected chi connectivity index (χ0v) is 21.5. The highest BCUT2D eigenvalue weighted by Gasteiger charge is 2.63. The van der Waals surface area contributed by atoms with E-state index in [0.29, 0.717) is 16.6 Å². The van der Waals surface area contributed by atoms with Gasteiger partial charge in [-0.3, -0.25) is 19.4 Å². The highest BCUT2D eigenvalue weighted by Crippen LogP contribution is 2.53. The van der Waals surface area contributed by atoms with Crippen LogP contribution in [0.4, 0.5) is 0 Å². The molecule has 0 unspecified atom stereocenters. The van der Waals surface area contributed by atoms with Crippen LogP contribution in [0.2, 0.25) is 4.34 Å². The lowest BCUT2D eigenvalue weighted by atomic mass is 9.85. The van der Waals surface area contributed by atoms with Gasteiger partial charge in [-0.05, 0) is 56.7 Å². The monoisotopic (exact) mass is 515 g/mol. The van der Waals surface area contributed by atoms with Crippen LogP contribution in [0.5, 0.6) is 0 Å². The standard InChI is InChI=1S/C26H32ClN4O3S/c27-21-5-4-20(35-21)19-15-17(28-34-19)24-23-22(18-3-1-9-29(18)24)25(32)30(26(23)33)10-2-11-31-12-6-16(7-13-31)8-14-31/h4-5,15-16,18,22-24H,1-3,6-14H2/q+1/t16?,18-,22-,23-,24-,31?/m0/s1. The number of likely N-dealkylation sites (tertiary alicyclic amines) is 1. The molecule has 7 nitrogen and oxygen atoms in total. The Morgan fingerprint density at radius 1 is 1.09 bits per heavy atom. The Bertz CT molecular complexity index is 1140. The van der Waals surface area contributed by atoms with E-state index in [1.807, 2.05) is 18.2 Å². The Kier molecular flexibility index (Phi) is 5.39. The topological polar surface area (TPSA) is 66.7 Å². The van der Waals surface area contributed by atoms with Crippen molar-refractivity contribution in [2.75, 3.05) is 39.3 Å². The van der Waals surface area contributed by atoms with Gasteiger partial charge in [-0.15, -0.1) is 11.3 Å². The minimum absolute atomic E-state index is 0.000436. The first kappa shape index (κ1) is 22.5. The zero-order valence-electron chi connectivity index (χ0n) is 19.9. The summed E-state index contributed by atoms with van der Waals surface area (Å²) >= 11 is 7.56. The van der Waals surface area contributed by atoms with E-state index in [0.717, 1.165) is 48.8 Å². The van der Waals surface area contributed by atoms with Crippen LogP contribution in [0.1, 0.15) is 50.3 Å². The second-order valence-corrected chi connectivity index (χ2v) is 13.0. The molecule has 6 aliphatic heterocycles. The summed E-state index contributed by atoms with van der Waals surface area (Å²) in [5, 5.41) is 4.40. The number of quaternary nitrogens is 1. The molecule has 8 rings (SSSR count). The molecular formula is C26H32ClN4O3S+. The fourth-order valence-corrected chi connectivity index (χ4v) is 8.86. The molecule has 6 fully saturated rings. The number of hydrogen-bond donors (Lipinski definition) is 0. The van der Waals surface area contributed by atoms with Crippen molar-refractivity contribution in [3.05, 3.63) is 28.2 Å². The summed E-state index contributed by atoms with van der Waals surface area (Å²) in [5.74, 6) is 1.06. The van der Waals surface area contributed by atoms with E-state index in [4.69, 9.17) is 16.1 Å². The smallest absolute Gasteiger partial charge is 0.235 e. The SMILES string of the molecule is O=C1[C@@H]2[C@H](C(=O)N1CCC[N+]13CCC(CC1)CC3)[C@H](c1cc(-c3ccc(Cl)s3)on1)N1CCC[C@@H]21. The normalized spacial score (nSPS) is 36.4. The van der Waals surface area contributed by atoms with Gasteiger partial charge < -0.3 is 9.01 Å². The Morgan fingerprint density at radius 3 is 2.60 bits per heavy atom. The first-order valence-electron chi connectivity index (χ1n) is 13.2. The van der Waals surface area contributed by atoms with Crippen molar-refractivity contribution in [3.8, 4) is 10.6 Å². The average Bonchev–Trinajstić information content (AvgIpc) is 3.67. The third-order valence-corrected chi connectivity index (χ3v) is 10.9. The van der Waals surface area contributed by atoms with Crippen LogP contribution in [-0.4, -0.2) is 76.6 Å². The molecule has 35 heavy (non-hydrogen) atoms. The number of thiophene rings is 1. The van der Waals surface area contributed by atoms with Gasteiger partial charge >= 0.3 is 0 Å². The molecule has 0 spiro atoms. The van der Waals surface area contributed by atoms with Gasteiger partial charge in [0.1, 0.15) is 5.69 Å². The fourth-order valence-electron chi connectivity index (χ4n) is 7.87. The lowest BCUT2D eigenvalue weighted by Crippen LogP contribution is -2.58. The summed E-state index contributed by atoms with van der Waals surface area (Å²) in [5.41, 5.74) is 0.765. The number of fused-ring (bicyclic) bond motifs is 6. The maximum absolute atomic E-state index is 13.7. The quantitative estimate of drug-likeness (QED) is 0.426. The number of imide groups is 1. The maximum Gasteiger partial charge on any atom is 0.235 e. The number of nitrogens with zero attached hydrogens (tertiary/aromatic N) is 4. The molecule has 2 aromatic heterocycles. The molecule has 0 aromatic carbocycles. The van der Waals surface area contributed by atoms with Crippen molar-refractivity contribution in [1.29, 1.82) is 0 Å². The van der Waals surface area contributed by atoms with Gasteiger partial charge in [-0.2, -0.15) is 0 Å². The molecule has 8 heterocycles. The van der Waals surface area contributed by atoms with Crippen molar-refractivity contribution in [2.24, 2.45) is 17.8 Å². The van der Waals surface area contributed by atoms with Crippen molar-refractivity contribution in [2.45, 2.75) is 50.6 Å². The van der Waals surface area contributed by atoms with E-state index in [2.05, 4.69) is 10.1 Å². The molecular weight excluding hydrogens is 484 g/mol. The number of carbonyl (C=O) groups excluding carboxylic acids is 2. The third-order valence-electron chi connectivity index (χ3n) is 9.64. The van der Waals surface area contributed by atoms with Crippen LogP contribution in [-0.2, 0) is 9.59 Å².